The molecule has 0 atom stereocenters. The minimum absolute atomic E-state index is 0.0614. The predicted molar refractivity (Wildman–Crippen MR) is 80.3 cm³/mol. The molecule has 0 radical (unpaired) electrons. The summed E-state index contributed by atoms with van der Waals surface area (Å²) >= 11 is 0. The van der Waals surface area contributed by atoms with Crippen LogP contribution in [0.1, 0.15) is 39.2 Å². The highest BCUT2D eigenvalue weighted by molar-refractivity contribution is 5.94. The lowest BCUT2D eigenvalue weighted by atomic mass is 9.94. The molecule has 0 saturated carbocycles. The molecular formula is C16H21F2NO. The topological polar surface area (TPSA) is 35.2 Å². The Balaban J connectivity index is 0.000000956. The molecule has 0 aliphatic heterocycles. The Morgan fingerprint density at radius 1 is 1.10 bits per heavy atom. The van der Waals surface area contributed by atoms with Crippen molar-refractivity contribution < 1.29 is 13.5 Å². The first-order valence-electron chi connectivity index (χ1n) is 6.70. The van der Waals surface area contributed by atoms with Crippen LogP contribution in [0.2, 0.25) is 0 Å². The summed E-state index contributed by atoms with van der Waals surface area (Å²) in [5, 5.41) is 1.13. The highest BCUT2D eigenvalue weighted by Crippen LogP contribution is 2.37. The Kier molecular flexibility index (Phi) is 5.31. The van der Waals surface area contributed by atoms with Crippen LogP contribution in [0.5, 0.6) is 5.75 Å². The molecule has 2 N–H and O–H groups in total. The molecule has 0 fully saturated rings. The lowest BCUT2D eigenvalue weighted by Gasteiger charge is -2.15. The molecule has 0 heterocycles. The number of methoxy groups -OCH3 is 1. The van der Waals surface area contributed by atoms with E-state index in [1.807, 2.05) is 27.7 Å². The van der Waals surface area contributed by atoms with Crippen molar-refractivity contribution in [3.05, 3.63) is 35.4 Å². The predicted octanol–water partition coefficient (Wildman–Crippen LogP) is 4.86. The van der Waals surface area contributed by atoms with Crippen molar-refractivity contribution in [2.75, 3.05) is 12.8 Å². The van der Waals surface area contributed by atoms with Crippen LogP contribution in [-0.2, 0) is 0 Å². The molecular weight excluding hydrogens is 260 g/mol. The Labute approximate surface area is 118 Å². The zero-order valence-electron chi connectivity index (χ0n) is 12.6. The third kappa shape index (κ3) is 2.84. The highest BCUT2D eigenvalue weighted by Gasteiger charge is 2.18. The Morgan fingerprint density at radius 3 is 2.20 bits per heavy atom. The summed E-state index contributed by atoms with van der Waals surface area (Å²) in [5.41, 5.74) is 7.16. The first-order valence-corrected chi connectivity index (χ1v) is 6.70. The number of benzene rings is 2. The van der Waals surface area contributed by atoms with E-state index in [9.17, 15) is 8.78 Å². The second-order valence-electron chi connectivity index (χ2n) is 4.57. The van der Waals surface area contributed by atoms with Crippen LogP contribution in [0, 0.1) is 11.6 Å². The molecule has 0 amide bonds. The second-order valence-corrected chi connectivity index (χ2v) is 4.57. The summed E-state index contributed by atoms with van der Waals surface area (Å²) in [6.07, 6.45) is 0. The standard InChI is InChI=1S/C14H15F2NO.C2H6/c1-7(2)10-6-9(17)4-8-5-11(15)13(16)14(18-3)12(8)10;1-2/h4-7H,17H2,1-3H3;1-2H3. The monoisotopic (exact) mass is 281 g/mol. The van der Waals surface area contributed by atoms with E-state index in [-0.39, 0.29) is 11.7 Å². The lowest BCUT2D eigenvalue weighted by Crippen LogP contribution is -2.00. The highest BCUT2D eigenvalue weighted by atomic mass is 19.2. The van der Waals surface area contributed by atoms with Crippen molar-refractivity contribution in [2.45, 2.75) is 33.6 Å². The fourth-order valence-electron chi connectivity index (χ4n) is 2.15. The summed E-state index contributed by atoms with van der Waals surface area (Å²) in [5.74, 6) is -1.82. The van der Waals surface area contributed by atoms with Crippen molar-refractivity contribution >= 4 is 16.5 Å². The van der Waals surface area contributed by atoms with Gasteiger partial charge in [0.25, 0.3) is 0 Å². The maximum Gasteiger partial charge on any atom is 0.201 e. The Morgan fingerprint density at radius 2 is 1.70 bits per heavy atom. The van der Waals surface area contributed by atoms with Gasteiger partial charge in [-0.1, -0.05) is 27.7 Å². The molecule has 4 heteroatoms. The number of ether oxygens (including phenoxy) is 1. The molecule has 110 valence electrons. The van der Waals surface area contributed by atoms with Crippen molar-refractivity contribution in [2.24, 2.45) is 0 Å². The van der Waals surface area contributed by atoms with E-state index in [1.54, 1.807) is 12.1 Å². The second kappa shape index (κ2) is 6.55. The van der Waals surface area contributed by atoms with Crippen molar-refractivity contribution in [1.82, 2.24) is 0 Å². The van der Waals surface area contributed by atoms with Crippen LogP contribution in [0.3, 0.4) is 0 Å². The van der Waals surface area contributed by atoms with E-state index in [1.165, 1.54) is 7.11 Å². The van der Waals surface area contributed by atoms with Gasteiger partial charge in [0.1, 0.15) is 0 Å². The average Bonchev–Trinajstić information content (AvgIpc) is 2.42. The first kappa shape index (κ1) is 16.2. The molecule has 0 aromatic heterocycles. The molecule has 2 nitrogen and oxygen atoms in total. The van der Waals surface area contributed by atoms with E-state index in [0.717, 1.165) is 11.6 Å². The number of nitrogen functional groups attached to an aromatic ring is 1. The number of hydrogen-bond acceptors (Lipinski definition) is 2. The normalized spacial score (nSPS) is 10.4. The fraction of sp³-hybridized carbons (Fsp3) is 0.375. The number of fused-ring (bicyclic) bond motifs is 1. The zero-order chi connectivity index (χ0) is 15.4. The van der Waals surface area contributed by atoms with Gasteiger partial charge in [-0.2, -0.15) is 4.39 Å². The Bertz CT molecular complexity index is 609. The molecule has 2 rings (SSSR count). The molecule has 0 saturated heterocycles. The molecule has 0 aliphatic rings. The van der Waals surface area contributed by atoms with Crippen molar-refractivity contribution in [3.63, 3.8) is 0 Å². The Hall–Kier alpha value is -1.84. The summed E-state index contributed by atoms with van der Waals surface area (Å²) in [4.78, 5) is 0. The number of halogens is 2. The summed E-state index contributed by atoms with van der Waals surface area (Å²) in [7, 11) is 1.33. The van der Waals surface area contributed by atoms with Gasteiger partial charge in [-0.05, 0) is 35.1 Å². The van der Waals surface area contributed by atoms with Crippen LogP contribution in [-0.4, -0.2) is 7.11 Å². The van der Waals surface area contributed by atoms with Crippen LogP contribution in [0.4, 0.5) is 14.5 Å². The van der Waals surface area contributed by atoms with Gasteiger partial charge in [-0.15, -0.1) is 0 Å². The van der Waals surface area contributed by atoms with Gasteiger partial charge in [-0.3, -0.25) is 0 Å². The van der Waals surface area contributed by atoms with E-state index in [2.05, 4.69) is 0 Å². The summed E-state index contributed by atoms with van der Waals surface area (Å²) in [6.45, 7) is 7.93. The maximum absolute atomic E-state index is 13.7. The van der Waals surface area contributed by atoms with Crippen LogP contribution in [0.15, 0.2) is 18.2 Å². The van der Waals surface area contributed by atoms with Gasteiger partial charge in [0.05, 0.1) is 7.11 Å². The fourth-order valence-corrected chi connectivity index (χ4v) is 2.15. The third-order valence-electron chi connectivity index (χ3n) is 2.97. The van der Waals surface area contributed by atoms with Crippen LogP contribution < -0.4 is 10.5 Å². The van der Waals surface area contributed by atoms with Crippen LogP contribution in [0.25, 0.3) is 10.8 Å². The molecule has 2 aromatic carbocycles. The van der Waals surface area contributed by atoms with E-state index < -0.39 is 11.6 Å². The minimum Gasteiger partial charge on any atom is -0.493 e. The first-order chi connectivity index (χ1) is 9.45. The largest absolute Gasteiger partial charge is 0.493 e. The number of anilines is 1. The quantitative estimate of drug-likeness (QED) is 0.798. The van der Waals surface area contributed by atoms with E-state index in [0.29, 0.717) is 16.5 Å². The van der Waals surface area contributed by atoms with Gasteiger partial charge < -0.3 is 10.5 Å². The average molecular weight is 281 g/mol. The zero-order valence-corrected chi connectivity index (χ0v) is 12.6. The summed E-state index contributed by atoms with van der Waals surface area (Å²) in [6, 6.07) is 4.54. The maximum atomic E-state index is 13.7. The molecule has 20 heavy (non-hydrogen) atoms. The molecule has 0 unspecified atom stereocenters. The number of nitrogens with two attached hydrogens (primary N) is 1. The lowest BCUT2D eigenvalue weighted by molar-refractivity contribution is 0.377. The van der Waals surface area contributed by atoms with E-state index in [4.69, 9.17) is 10.5 Å². The van der Waals surface area contributed by atoms with Crippen molar-refractivity contribution in [3.8, 4) is 5.75 Å². The number of rotatable bonds is 2. The van der Waals surface area contributed by atoms with Crippen molar-refractivity contribution in [1.29, 1.82) is 0 Å². The van der Waals surface area contributed by atoms with Gasteiger partial charge in [0, 0.05) is 11.1 Å². The number of hydrogen-bond donors (Lipinski definition) is 1. The third-order valence-corrected chi connectivity index (χ3v) is 2.97. The smallest absolute Gasteiger partial charge is 0.201 e. The van der Waals surface area contributed by atoms with Crippen LogP contribution >= 0.6 is 0 Å². The SMILES string of the molecule is CC.COc1c(F)c(F)cc2cc(N)cc(C(C)C)c12. The van der Waals surface area contributed by atoms with Gasteiger partial charge in [0.2, 0.25) is 5.82 Å². The molecule has 0 bridgehead atoms. The molecule has 2 aromatic rings. The minimum atomic E-state index is -0.961. The summed E-state index contributed by atoms with van der Waals surface area (Å²) < 4.78 is 32.2. The van der Waals surface area contributed by atoms with E-state index >= 15 is 0 Å². The molecule has 0 aliphatic carbocycles. The van der Waals surface area contributed by atoms with Gasteiger partial charge >= 0.3 is 0 Å². The molecule has 0 spiro atoms. The van der Waals surface area contributed by atoms with Gasteiger partial charge in [0.15, 0.2) is 11.6 Å². The van der Waals surface area contributed by atoms with Gasteiger partial charge in [-0.25, -0.2) is 4.39 Å².